The molecule has 0 fully saturated rings. The third-order valence-corrected chi connectivity index (χ3v) is 3.21. The molecule has 0 saturated heterocycles. The molecule has 5 heteroatoms. The van der Waals surface area contributed by atoms with Gasteiger partial charge in [0, 0.05) is 12.5 Å². The van der Waals surface area contributed by atoms with Crippen molar-refractivity contribution in [3.63, 3.8) is 0 Å². The van der Waals surface area contributed by atoms with Crippen LogP contribution in [0.25, 0.3) is 0 Å². The largest absolute Gasteiger partial charge is 0.368 e. The summed E-state index contributed by atoms with van der Waals surface area (Å²) < 4.78 is 0. The number of carbonyl (C=O) groups is 2. The summed E-state index contributed by atoms with van der Waals surface area (Å²) in [5.41, 5.74) is 11.9. The summed E-state index contributed by atoms with van der Waals surface area (Å²) >= 11 is 0. The van der Waals surface area contributed by atoms with E-state index in [0.717, 1.165) is 5.56 Å². The maximum absolute atomic E-state index is 12.3. The highest BCUT2D eigenvalue weighted by molar-refractivity contribution is 5.84. The lowest BCUT2D eigenvalue weighted by Gasteiger charge is -2.29. The van der Waals surface area contributed by atoms with E-state index in [9.17, 15) is 9.59 Å². The first-order valence-electron chi connectivity index (χ1n) is 6.80. The Bertz CT molecular complexity index is 446. The first-order chi connectivity index (χ1) is 9.41. The predicted molar refractivity (Wildman–Crippen MR) is 78.6 cm³/mol. The lowest BCUT2D eigenvalue weighted by molar-refractivity contribution is -0.137. The molecule has 0 aromatic heterocycles. The van der Waals surface area contributed by atoms with Gasteiger partial charge in [0.05, 0.1) is 12.6 Å². The van der Waals surface area contributed by atoms with E-state index in [2.05, 4.69) is 0 Å². The number of hydrogen-bond donors (Lipinski definition) is 2. The Morgan fingerprint density at radius 1 is 1.20 bits per heavy atom. The van der Waals surface area contributed by atoms with Gasteiger partial charge in [-0.1, -0.05) is 30.3 Å². The van der Waals surface area contributed by atoms with Gasteiger partial charge in [0.15, 0.2) is 0 Å². The minimum Gasteiger partial charge on any atom is -0.368 e. The maximum Gasteiger partial charge on any atom is 0.237 e. The number of nitrogens with two attached hydrogens (primary N) is 2. The quantitative estimate of drug-likeness (QED) is 0.784. The molecule has 5 nitrogen and oxygen atoms in total. The molecule has 0 radical (unpaired) electrons. The van der Waals surface area contributed by atoms with Crippen molar-refractivity contribution in [1.29, 1.82) is 0 Å². The number of carbonyl (C=O) groups excluding carboxylic acids is 2. The lowest BCUT2D eigenvalue weighted by atomic mass is 10.1. The van der Waals surface area contributed by atoms with Crippen LogP contribution in [0.2, 0.25) is 0 Å². The minimum atomic E-state index is -0.512. The van der Waals surface area contributed by atoms with Gasteiger partial charge in [-0.25, -0.2) is 0 Å². The second kappa shape index (κ2) is 7.65. The zero-order valence-corrected chi connectivity index (χ0v) is 12.1. The van der Waals surface area contributed by atoms with Gasteiger partial charge >= 0.3 is 0 Å². The molecule has 20 heavy (non-hydrogen) atoms. The normalized spacial score (nSPS) is 13.6. The van der Waals surface area contributed by atoms with Gasteiger partial charge in [0.2, 0.25) is 11.8 Å². The summed E-state index contributed by atoms with van der Waals surface area (Å²) in [6.45, 7) is 3.67. The molecule has 1 unspecified atom stereocenters. The van der Waals surface area contributed by atoms with Crippen LogP contribution in [-0.4, -0.2) is 29.3 Å². The number of benzene rings is 1. The molecule has 1 aromatic rings. The number of amides is 2. The third kappa shape index (κ3) is 5.01. The number of rotatable bonds is 7. The van der Waals surface area contributed by atoms with E-state index in [-0.39, 0.29) is 24.5 Å². The molecule has 0 aliphatic carbocycles. The molecule has 0 heterocycles. The van der Waals surface area contributed by atoms with E-state index < -0.39 is 5.91 Å². The van der Waals surface area contributed by atoms with E-state index in [1.807, 2.05) is 44.2 Å². The molecule has 1 aromatic carbocycles. The van der Waals surface area contributed by atoms with Crippen LogP contribution in [0.3, 0.4) is 0 Å². The zero-order chi connectivity index (χ0) is 15.1. The molecule has 0 aliphatic rings. The van der Waals surface area contributed by atoms with Crippen molar-refractivity contribution >= 4 is 11.8 Å². The first-order valence-corrected chi connectivity index (χ1v) is 6.80. The molecule has 0 spiro atoms. The van der Waals surface area contributed by atoms with Crippen LogP contribution >= 0.6 is 0 Å². The van der Waals surface area contributed by atoms with E-state index >= 15 is 0 Å². The van der Waals surface area contributed by atoms with Crippen LogP contribution in [0, 0.1) is 0 Å². The highest BCUT2D eigenvalue weighted by Crippen LogP contribution is 2.20. The van der Waals surface area contributed by atoms with E-state index in [0.29, 0.717) is 12.8 Å². The van der Waals surface area contributed by atoms with Crippen LogP contribution in [0.1, 0.15) is 38.3 Å². The fourth-order valence-electron chi connectivity index (χ4n) is 2.02. The van der Waals surface area contributed by atoms with Crippen LogP contribution in [0.5, 0.6) is 0 Å². The molecule has 110 valence electrons. The molecule has 1 rings (SSSR count). The van der Waals surface area contributed by atoms with Crippen LogP contribution in [0.4, 0.5) is 0 Å². The minimum absolute atomic E-state index is 0.0404. The fourth-order valence-corrected chi connectivity index (χ4v) is 2.02. The van der Waals surface area contributed by atoms with Gasteiger partial charge in [-0.15, -0.1) is 0 Å². The van der Waals surface area contributed by atoms with Crippen LogP contribution in [-0.2, 0) is 9.59 Å². The Morgan fingerprint density at radius 3 is 2.30 bits per heavy atom. The Morgan fingerprint density at radius 2 is 1.80 bits per heavy atom. The second-order valence-electron chi connectivity index (χ2n) is 5.09. The first kappa shape index (κ1) is 16.2. The highest BCUT2D eigenvalue weighted by Gasteiger charge is 2.22. The molecule has 0 bridgehead atoms. The van der Waals surface area contributed by atoms with Crippen LogP contribution in [0.15, 0.2) is 30.3 Å². The zero-order valence-electron chi connectivity index (χ0n) is 12.1. The molecule has 4 N–H and O–H groups in total. The number of hydrogen-bond acceptors (Lipinski definition) is 3. The third-order valence-electron chi connectivity index (χ3n) is 3.21. The van der Waals surface area contributed by atoms with Gasteiger partial charge in [0.25, 0.3) is 0 Å². The second-order valence-corrected chi connectivity index (χ2v) is 5.09. The van der Waals surface area contributed by atoms with Crippen molar-refractivity contribution in [2.24, 2.45) is 11.5 Å². The molecule has 2 amide bonds. The van der Waals surface area contributed by atoms with Gasteiger partial charge in [-0.3, -0.25) is 9.59 Å². The molecular formula is C15H23N3O2. The SMILES string of the molecule is CC(N)CCC(=O)N(CC(N)=O)[C@H](C)c1ccccc1. The van der Waals surface area contributed by atoms with E-state index in [1.54, 1.807) is 0 Å². The van der Waals surface area contributed by atoms with Gasteiger partial charge in [-0.05, 0) is 25.8 Å². The molecule has 0 aliphatic heterocycles. The Labute approximate surface area is 119 Å². The lowest BCUT2D eigenvalue weighted by Crippen LogP contribution is -2.40. The van der Waals surface area contributed by atoms with Crippen molar-refractivity contribution in [2.45, 2.75) is 38.8 Å². The van der Waals surface area contributed by atoms with Crippen molar-refractivity contribution in [2.75, 3.05) is 6.54 Å². The molecule has 2 atom stereocenters. The van der Waals surface area contributed by atoms with Gasteiger partial charge in [-0.2, -0.15) is 0 Å². The standard InChI is InChI=1S/C15H23N3O2/c1-11(16)8-9-15(20)18(10-14(17)19)12(2)13-6-4-3-5-7-13/h3-7,11-12H,8-10,16H2,1-2H3,(H2,17,19)/t11?,12-/m1/s1. The summed E-state index contributed by atoms with van der Waals surface area (Å²) in [6.07, 6.45) is 0.914. The average Bonchev–Trinajstić information content (AvgIpc) is 2.42. The average molecular weight is 277 g/mol. The topological polar surface area (TPSA) is 89.4 Å². The maximum atomic E-state index is 12.3. The van der Waals surface area contributed by atoms with Crippen molar-refractivity contribution in [3.8, 4) is 0 Å². The fraction of sp³-hybridized carbons (Fsp3) is 0.467. The number of nitrogens with zero attached hydrogens (tertiary/aromatic N) is 1. The number of primary amides is 1. The summed E-state index contributed by atoms with van der Waals surface area (Å²) in [7, 11) is 0. The monoisotopic (exact) mass is 277 g/mol. The smallest absolute Gasteiger partial charge is 0.237 e. The summed E-state index contributed by atoms with van der Waals surface area (Å²) in [4.78, 5) is 25.0. The summed E-state index contributed by atoms with van der Waals surface area (Å²) in [5, 5.41) is 0. The van der Waals surface area contributed by atoms with Crippen LogP contribution < -0.4 is 11.5 Å². The summed E-state index contributed by atoms with van der Waals surface area (Å²) in [6, 6.07) is 9.34. The van der Waals surface area contributed by atoms with E-state index in [1.165, 1.54) is 4.90 Å². The molecule has 0 saturated carbocycles. The van der Waals surface area contributed by atoms with Crippen molar-refractivity contribution in [3.05, 3.63) is 35.9 Å². The Kier molecular flexibility index (Phi) is 6.18. The highest BCUT2D eigenvalue weighted by atomic mass is 16.2. The van der Waals surface area contributed by atoms with E-state index in [4.69, 9.17) is 11.5 Å². The molecular weight excluding hydrogens is 254 g/mol. The summed E-state index contributed by atoms with van der Waals surface area (Å²) in [5.74, 6) is -0.612. The predicted octanol–water partition coefficient (Wildman–Crippen LogP) is 1.19. The van der Waals surface area contributed by atoms with Crippen molar-refractivity contribution in [1.82, 2.24) is 4.90 Å². The van der Waals surface area contributed by atoms with Gasteiger partial charge in [0.1, 0.15) is 0 Å². The Hall–Kier alpha value is -1.88. The van der Waals surface area contributed by atoms with Crippen molar-refractivity contribution < 1.29 is 9.59 Å². The van der Waals surface area contributed by atoms with Gasteiger partial charge < -0.3 is 16.4 Å². The Balaban J connectivity index is 2.83.